The summed E-state index contributed by atoms with van der Waals surface area (Å²) in [7, 11) is -12.4. The zero-order chi connectivity index (χ0) is 35.0. The van der Waals surface area contributed by atoms with Gasteiger partial charge < -0.3 is 54.7 Å². The Bertz CT molecular complexity index is 1650. The molecule has 20 nitrogen and oxygen atoms in total. The predicted octanol–water partition coefficient (Wildman–Crippen LogP) is 1.07. The minimum atomic E-state index is -5.76. The molecule has 2 heterocycles. The van der Waals surface area contributed by atoms with Gasteiger partial charge in [0.05, 0.1) is 52.1 Å². The molecule has 262 valence electrons. The molecule has 1 aromatic heterocycles. The Hall–Kier alpha value is -2.50. The van der Waals surface area contributed by atoms with E-state index in [0.717, 1.165) is 4.57 Å². The summed E-state index contributed by atoms with van der Waals surface area (Å²) in [4.78, 5) is 53.3. The smallest absolute Gasteiger partial charge is 0.490 e. The van der Waals surface area contributed by atoms with Crippen molar-refractivity contribution in [1.82, 2.24) is 9.55 Å². The fourth-order valence-corrected chi connectivity index (χ4v) is 7.97. The van der Waals surface area contributed by atoms with E-state index in [1.165, 1.54) is 39.3 Å². The Morgan fingerprint density at radius 2 is 1.72 bits per heavy atom. The number of benzene rings is 1. The molecule has 3 unspecified atom stereocenters. The molecule has 2 aromatic rings. The molecule has 0 radical (unpaired) electrons. The Labute approximate surface area is 272 Å². The number of ether oxygens (including phenoxy) is 5. The van der Waals surface area contributed by atoms with Crippen LogP contribution in [-0.2, 0) is 42.1 Å². The van der Waals surface area contributed by atoms with E-state index in [9.17, 15) is 28.3 Å². The van der Waals surface area contributed by atoms with Crippen molar-refractivity contribution in [2.45, 2.75) is 30.6 Å². The first-order valence-corrected chi connectivity index (χ1v) is 18.7. The molecule has 1 aliphatic rings. The molecule has 1 aliphatic heterocycles. The summed E-state index contributed by atoms with van der Waals surface area (Å²) in [6.45, 7) is -0.824. The van der Waals surface area contributed by atoms with Gasteiger partial charge in [-0.2, -0.15) is 13.6 Å². The Balaban J connectivity index is 1.79. The van der Waals surface area contributed by atoms with Crippen molar-refractivity contribution in [3.63, 3.8) is 0 Å². The molecular formula is C23H33N4O16P3S. The number of thioether (sulfide) groups is 1. The lowest BCUT2D eigenvalue weighted by Gasteiger charge is -2.21. The maximum atomic E-state index is 12.7. The highest BCUT2D eigenvalue weighted by atomic mass is 32.2. The fourth-order valence-electron chi connectivity index (χ4n) is 4.10. The lowest BCUT2D eigenvalue weighted by atomic mass is 10.2. The van der Waals surface area contributed by atoms with Crippen LogP contribution in [0.1, 0.15) is 23.8 Å². The second-order valence-corrected chi connectivity index (χ2v) is 14.5. The SMILES string of the molecule is COc1cc(OC)c(CSCO[C@H]2CC(n3cc(C#CCN)c(N)nc3=O)O[C@@H]2COP(=O)(O)OP(=O)(O)OP(=O)(O)O)c(OC)c1. The maximum absolute atomic E-state index is 12.7. The molecule has 5 atom stereocenters. The van der Waals surface area contributed by atoms with Crippen molar-refractivity contribution >= 4 is 41.0 Å². The summed E-state index contributed by atoms with van der Waals surface area (Å²) in [5.74, 6) is 6.98. The maximum Gasteiger partial charge on any atom is 0.490 e. The first kappa shape index (κ1) is 38.9. The molecule has 1 saturated heterocycles. The highest BCUT2D eigenvalue weighted by molar-refractivity contribution is 7.98. The van der Waals surface area contributed by atoms with Crippen LogP contribution in [0.2, 0.25) is 0 Å². The number of methoxy groups -OCH3 is 3. The van der Waals surface area contributed by atoms with E-state index in [0.29, 0.717) is 28.6 Å². The van der Waals surface area contributed by atoms with Crippen molar-refractivity contribution in [3.8, 4) is 29.1 Å². The number of hydrogen-bond acceptors (Lipinski definition) is 16. The standard InChI is InChI=1S/C23H33N4O16P3S/c1-36-15-7-17(37-2)16(18(8-15)38-3)12-47-13-39-19-9-21(27-10-14(5-4-6-24)22(25)26-23(27)28)41-20(19)11-40-45(32,33)43-46(34,35)42-44(29,30)31/h7-8,10,19-21H,6,9,11-13,24H2,1-3H3,(H,32,33)(H,34,35)(H2,25,26,28)(H2,29,30,31)/t19-,20+,21?/m0/s1. The van der Waals surface area contributed by atoms with Crippen molar-refractivity contribution in [2.24, 2.45) is 5.73 Å². The molecule has 0 spiro atoms. The zero-order valence-corrected chi connectivity index (χ0v) is 28.5. The topological polar surface area (TPSA) is 293 Å². The lowest BCUT2D eigenvalue weighted by Crippen LogP contribution is -2.29. The third-order valence-electron chi connectivity index (χ3n) is 6.04. The van der Waals surface area contributed by atoms with Gasteiger partial charge in [0.1, 0.15) is 35.4 Å². The molecule has 0 aliphatic carbocycles. The number of phosphoric ester groups is 1. The van der Waals surface area contributed by atoms with Gasteiger partial charge in [-0.05, 0) is 0 Å². The number of nitrogen functional groups attached to an aromatic ring is 1. The molecular weight excluding hydrogens is 713 g/mol. The van der Waals surface area contributed by atoms with Gasteiger partial charge in [0.15, 0.2) is 0 Å². The quantitative estimate of drug-likeness (QED) is 0.0606. The molecule has 0 amide bonds. The van der Waals surface area contributed by atoms with Crippen LogP contribution in [0.4, 0.5) is 5.82 Å². The minimum absolute atomic E-state index is 0.00300. The second kappa shape index (κ2) is 16.7. The molecule has 3 rings (SSSR count). The number of nitrogens with zero attached hydrogens (tertiary/aromatic N) is 2. The lowest BCUT2D eigenvalue weighted by molar-refractivity contribution is -0.0544. The summed E-state index contributed by atoms with van der Waals surface area (Å²) in [6.07, 6.45) is -1.96. The summed E-state index contributed by atoms with van der Waals surface area (Å²) in [5.41, 5.74) is 11.3. The average molecular weight is 747 g/mol. The predicted molar refractivity (Wildman–Crippen MR) is 164 cm³/mol. The number of aromatic nitrogens is 2. The highest BCUT2D eigenvalue weighted by Crippen LogP contribution is 2.66. The van der Waals surface area contributed by atoms with Gasteiger partial charge in [-0.15, -0.1) is 11.8 Å². The van der Waals surface area contributed by atoms with E-state index in [1.54, 1.807) is 12.1 Å². The van der Waals surface area contributed by atoms with Gasteiger partial charge in [-0.25, -0.2) is 18.5 Å². The second-order valence-electron chi connectivity index (χ2n) is 9.17. The van der Waals surface area contributed by atoms with Crippen LogP contribution in [-0.4, -0.2) is 81.8 Å². The Kier molecular flexibility index (Phi) is 13.9. The Morgan fingerprint density at radius 1 is 1.06 bits per heavy atom. The van der Waals surface area contributed by atoms with Gasteiger partial charge in [0.25, 0.3) is 0 Å². The van der Waals surface area contributed by atoms with Crippen molar-refractivity contribution in [2.75, 3.05) is 46.2 Å². The number of hydrogen-bond donors (Lipinski definition) is 6. The van der Waals surface area contributed by atoms with E-state index in [2.05, 4.69) is 25.4 Å². The molecule has 0 saturated carbocycles. The molecule has 8 N–H and O–H groups in total. The first-order chi connectivity index (χ1) is 22.0. The molecule has 1 fully saturated rings. The normalized spacial score (nSPS) is 20.5. The van der Waals surface area contributed by atoms with Crippen molar-refractivity contribution < 1.29 is 70.1 Å². The van der Waals surface area contributed by atoms with Crippen LogP contribution < -0.4 is 31.4 Å². The summed E-state index contributed by atoms with van der Waals surface area (Å²) in [6, 6.07) is 3.36. The van der Waals surface area contributed by atoms with Gasteiger partial charge in [0.2, 0.25) is 0 Å². The molecule has 24 heteroatoms. The van der Waals surface area contributed by atoms with Crippen LogP contribution >= 0.6 is 35.2 Å². The largest absolute Gasteiger partial charge is 0.496 e. The molecule has 47 heavy (non-hydrogen) atoms. The number of phosphoric acid groups is 3. The van der Waals surface area contributed by atoms with Crippen LogP contribution in [0.25, 0.3) is 0 Å². The van der Waals surface area contributed by atoms with E-state index >= 15 is 0 Å². The van der Waals surface area contributed by atoms with E-state index in [4.69, 9.17) is 49.5 Å². The van der Waals surface area contributed by atoms with Crippen LogP contribution in [0.3, 0.4) is 0 Å². The summed E-state index contributed by atoms with van der Waals surface area (Å²) < 4.78 is 76.4. The van der Waals surface area contributed by atoms with Crippen LogP contribution in [0.15, 0.2) is 23.1 Å². The zero-order valence-electron chi connectivity index (χ0n) is 25.0. The highest BCUT2D eigenvalue weighted by Gasteiger charge is 2.43. The van der Waals surface area contributed by atoms with E-state index in [1.807, 2.05) is 0 Å². The minimum Gasteiger partial charge on any atom is -0.496 e. The van der Waals surface area contributed by atoms with Crippen LogP contribution in [0, 0.1) is 11.8 Å². The van der Waals surface area contributed by atoms with E-state index in [-0.39, 0.29) is 30.3 Å². The van der Waals surface area contributed by atoms with E-state index < -0.39 is 54.2 Å². The van der Waals surface area contributed by atoms with Gasteiger partial charge in [-0.3, -0.25) is 9.09 Å². The van der Waals surface area contributed by atoms with Crippen molar-refractivity contribution in [3.05, 3.63) is 39.9 Å². The Morgan fingerprint density at radius 3 is 2.30 bits per heavy atom. The average Bonchev–Trinajstić information content (AvgIpc) is 3.38. The van der Waals surface area contributed by atoms with Gasteiger partial charge in [-0.1, -0.05) is 11.8 Å². The number of rotatable bonds is 16. The number of nitrogens with two attached hydrogens (primary N) is 2. The number of anilines is 1. The summed E-state index contributed by atoms with van der Waals surface area (Å²) >= 11 is 1.28. The molecule has 1 aromatic carbocycles. The third kappa shape index (κ3) is 11.6. The van der Waals surface area contributed by atoms with Crippen LogP contribution in [0.5, 0.6) is 17.2 Å². The monoisotopic (exact) mass is 746 g/mol. The van der Waals surface area contributed by atoms with Gasteiger partial charge in [0, 0.05) is 36.1 Å². The molecule has 0 bridgehead atoms. The van der Waals surface area contributed by atoms with Crippen molar-refractivity contribution in [1.29, 1.82) is 0 Å². The van der Waals surface area contributed by atoms with Gasteiger partial charge >= 0.3 is 29.2 Å². The first-order valence-electron chi connectivity index (χ1n) is 13.0. The third-order valence-corrected chi connectivity index (χ3v) is 10.6. The summed E-state index contributed by atoms with van der Waals surface area (Å²) in [5, 5.41) is 0. The fraction of sp³-hybridized carbons (Fsp3) is 0.478.